The summed E-state index contributed by atoms with van der Waals surface area (Å²) >= 11 is 6.16. The summed E-state index contributed by atoms with van der Waals surface area (Å²) in [5.74, 6) is 0.0223. The van der Waals surface area contributed by atoms with Crippen molar-refractivity contribution in [2.24, 2.45) is 0 Å². The summed E-state index contributed by atoms with van der Waals surface area (Å²) in [6, 6.07) is 12.0. The van der Waals surface area contributed by atoms with Crippen LogP contribution in [0.1, 0.15) is 22.8 Å². The summed E-state index contributed by atoms with van der Waals surface area (Å²) in [7, 11) is 1.50. The first-order valence-electron chi connectivity index (χ1n) is 7.98. The van der Waals surface area contributed by atoms with E-state index in [0.717, 1.165) is 0 Å². The normalized spacial score (nSPS) is 10.6. The number of carbonyl (C=O) groups is 2. The Morgan fingerprint density at radius 1 is 1.15 bits per heavy atom. The maximum atomic E-state index is 11.9. The number of halogens is 1. The Balaban J connectivity index is 2.00. The highest BCUT2D eigenvalue weighted by Gasteiger charge is 2.11. The van der Waals surface area contributed by atoms with Crippen LogP contribution < -0.4 is 9.47 Å². The molecule has 5 nitrogen and oxygen atoms in total. The van der Waals surface area contributed by atoms with Gasteiger partial charge < -0.3 is 14.2 Å². The second kappa shape index (κ2) is 9.63. The van der Waals surface area contributed by atoms with Gasteiger partial charge in [-0.2, -0.15) is 0 Å². The highest BCUT2D eigenvalue weighted by atomic mass is 35.5. The van der Waals surface area contributed by atoms with Crippen LogP contribution in [0.3, 0.4) is 0 Å². The molecule has 0 radical (unpaired) electrons. The average molecular weight is 375 g/mol. The number of ether oxygens (including phenoxy) is 3. The SMILES string of the molecule is CCOc1cc(/C=C/C(=O)OCC(=O)c2ccccc2)cc(Cl)c1OC. The molecule has 0 N–H and O–H groups in total. The smallest absolute Gasteiger partial charge is 0.331 e. The third-order valence-electron chi connectivity index (χ3n) is 3.39. The van der Waals surface area contributed by atoms with Crippen LogP contribution in [0.15, 0.2) is 48.5 Å². The summed E-state index contributed by atoms with van der Waals surface area (Å²) in [5.41, 5.74) is 1.14. The van der Waals surface area contributed by atoms with Crippen molar-refractivity contribution in [2.45, 2.75) is 6.92 Å². The van der Waals surface area contributed by atoms with Crippen molar-refractivity contribution >= 4 is 29.4 Å². The van der Waals surface area contributed by atoms with E-state index in [4.69, 9.17) is 25.8 Å². The van der Waals surface area contributed by atoms with Gasteiger partial charge in [-0.25, -0.2) is 4.79 Å². The van der Waals surface area contributed by atoms with Crippen LogP contribution in [0, 0.1) is 0 Å². The highest BCUT2D eigenvalue weighted by Crippen LogP contribution is 2.36. The molecule has 0 saturated heterocycles. The number of hydrogen-bond acceptors (Lipinski definition) is 5. The Morgan fingerprint density at radius 3 is 2.54 bits per heavy atom. The second-order valence-corrected chi connectivity index (χ2v) is 5.60. The molecule has 0 aromatic heterocycles. The maximum absolute atomic E-state index is 11.9. The van der Waals surface area contributed by atoms with Crippen LogP contribution in [-0.2, 0) is 9.53 Å². The lowest BCUT2D eigenvalue weighted by molar-refractivity contribution is -0.136. The van der Waals surface area contributed by atoms with Gasteiger partial charge in [0, 0.05) is 11.6 Å². The zero-order valence-corrected chi connectivity index (χ0v) is 15.3. The Morgan fingerprint density at radius 2 is 1.88 bits per heavy atom. The fraction of sp³-hybridized carbons (Fsp3) is 0.200. The van der Waals surface area contributed by atoms with Gasteiger partial charge in [-0.1, -0.05) is 41.9 Å². The van der Waals surface area contributed by atoms with E-state index >= 15 is 0 Å². The van der Waals surface area contributed by atoms with Crippen LogP contribution in [-0.4, -0.2) is 32.1 Å². The lowest BCUT2D eigenvalue weighted by Gasteiger charge is -2.11. The third kappa shape index (κ3) is 5.36. The molecule has 136 valence electrons. The molecule has 0 saturated carbocycles. The Bertz CT molecular complexity index is 799. The number of ketones is 1. The van der Waals surface area contributed by atoms with Crippen molar-refractivity contribution < 1.29 is 23.8 Å². The summed E-state index contributed by atoms with van der Waals surface area (Å²) < 4.78 is 15.7. The molecule has 6 heteroatoms. The van der Waals surface area contributed by atoms with E-state index in [1.165, 1.54) is 19.3 Å². The number of Topliss-reactive ketones (excluding diaryl/α,β-unsaturated/α-hetero) is 1. The zero-order chi connectivity index (χ0) is 18.9. The van der Waals surface area contributed by atoms with Crippen molar-refractivity contribution in [3.05, 3.63) is 64.7 Å². The van der Waals surface area contributed by atoms with Gasteiger partial charge in [0.2, 0.25) is 0 Å². The van der Waals surface area contributed by atoms with Crippen LogP contribution in [0.2, 0.25) is 5.02 Å². The minimum Gasteiger partial charge on any atom is -0.491 e. The first-order chi connectivity index (χ1) is 12.5. The molecular formula is C20H19ClO5. The summed E-state index contributed by atoms with van der Waals surface area (Å²) in [5, 5.41) is 0.366. The van der Waals surface area contributed by atoms with Crippen molar-refractivity contribution in [1.29, 1.82) is 0 Å². The van der Waals surface area contributed by atoms with E-state index in [0.29, 0.717) is 34.3 Å². The average Bonchev–Trinajstić information content (AvgIpc) is 2.65. The van der Waals surface area contributed by atoms with Crippen molar-refractivity contribution in [3.8, 4) is 11.5 Å². The number of esters is 1. The molecule has 0 aliphatic heterocycles. The number of methoxy groups -OCH3 is 1. The van der Waals surface area contributed by atoms with Gasteiger partial charge in [0.15, 0.2) is 23.9 Å². The lowest BCUT2D eigenvalue weighted by Crippen LogP contribution is -2.12. The van der Waals surface area contributed by atoms with E-state index in [-0.39, 0.29) is 12.4 Å². The van der Waals surface area contributed by atoms with Crippen molar-refractivity contribution in [3.63, 3.8) is 0 Å². The summed E-state index contributed by atoms with van der Waals surface area (Å²) in [6.07, 6.45) is 2.76. The van der Waals surface area contributed by atoms with Gasteiger partial charge in [0.05, 0.1) is 18.7 Å². The van der Waals surface area contributed by atoms with Gasteiger partial charge in [0.1, 0.15) is 0 Å². The Hall–Kier alpha value is -2.79. The van der Waals surface area contributed by atoms with E-state index in [1.54, 1.807) is 36.4 Å². The number of rotatable bonds is 8. The number of carbonyl (C=O) groups excluding carboxylic acids is 2. The fourth-order valence-electron chi connectivity index (χ4n) is 2.20. The minimum atomic E-state index is -0.626. The number of benzene rings is 2. The topological polar surface area (TPSA) is 61.8 Å². The van der Waals surface area contributed by atoms with Crippen molar-refractivity contribution in [2.75, 3.05) is 20.3 Å². The summed E-state index contributed by atoms with van der Waals surface area (Å²) in [6.45, 7) is 1.97. The third-order valence-corrected chi connectivity index (χ3v) is 3.67. The maximum Gasteiger partial charge on any atom is 0.331 e. The molecule has 0 unspecified atom stereocenters. The monoisotopic (exact) mass is 374 g/mol. The second-order valence-electron chi connectivity index (χ2n) is 5.20. The molecule has 2 aromatic carbocycles. The van der Waals surface area contributed by atoms with Gasteiger partial charge in [-0.15, -0.1) is 0 Å². The molecule has 0 amide bonds. The van der Waals surface area contributed by atoms with Crippen LogP contribution in [0.25, 0.3) is 6.08 Å². The molecule has 0 spiro atoms. The first kappa shape index (κ1) is 19.5. The molecule has 0 atom stereocenters. The van der Waals surface area contributed by atoms with Gasteiger partial charge in [-0.3, -0.25) is 4.79 Å². The van der Waals surface area contributed by atoms with Crippen molar-refractivity contribution in [1.82, 2.24) is 0 Å². The largest absolute Gasteiger partial charge is 0.491 e. The predicted molar refractivity (Wildman–Crippen MR) is 99.9 cm³/mol. The van der Waals surface area contributed by atoms with Crippen LogP contribution in [0.4, 0.5) is 0 Å². The molecule has 0 aliphatic rings. The molecule has 0 heterocycles. The van der Waals surface area contributed by atoms with Crippen LogP contribution in [0.5, 0.6) is 11.5 Å². The molecular weight excluding hydrogens is 356 g/mol. The van der Waals surface area contributed by atoms with E-state index in [1.807, 2.05) is 13.0 Å². The minimum absolute atomic E-state index is 0.265. The van der Waals surface area contributed by atoms with Gasteiger partial charge >= 0.3 is 5.97 Å². The quantitative estimate of drug-likeness (QED) is 0.394. The molecule has 0 aliphatic carbocycles. The predicted octanol–water partition coefficient (Wildman–Crippen LogP) is 4.19. The standard InChI is InChI=1S/C20H19ClO5/c1-3-25-18-12-14(11-16(21)20(18)24-2)9-10-19(23)26-13-17(22)15-7-5-4-6-8-15/h4-12H,3,13H2,1-2H3/b10-9+. The first-order valence-corrected chi connectivity index (χ1v) is 8.36. The zero-order valence-electron chi connectivity index (χ0n) is 14.5. The Kier molecular flexibility index (Phi) is 7.24. The number of hydrogen-bond donors (Lipinski definition) is 0. The van der Waals surface area contributed by atoms with E-state index < -0.39 is 5.97 Å². The van der Waals surface area contributed by atoms with E-state index in [9.17, 15) is 9.59 Å². The van der Waals surface area contributed by atoms with Gasteiger partial charge in [-0.05, 0) is 30.7 Å². The summed E-state index contributed by atoms with van der Waals surface area (Å²) in [4.78, 5) is 23.7. The molecule has 0 fully saturated rings. The molecule has 2 rings (SSSR count). The van der Waals surface area contributed by atoms with E-state index in [2.05, 4.69) is 0 Å². The molecule has 0 bridgehead atoms. The fourth-order valence-corrected chi connectivity index (χ4v) is 2.50. The van der Waals surface area contributed by atoms with Crippen LogP contribution >= 0.6 is 11.6 Å². The molecule has 26 heavy (non-hydrogen) atoms. The van der Waals surface area contributed by atoms with Gasteiger partial charge in [0.25, 0.3) is 0 Å². The lowest BCUT2D eigenvalue weighted by atomic mass is 10.1. The highest BCUT2D eigenvalue weighted by molar-refractivity contribution is 6.32. The Labute approximate surface area is 157 Å². The molecule has 2 aromatic rings.